The lowest BCUT2D eigenvalue weighted by molar-refractivity contribution is -0.139. The van der Waals surface area contributed by atoms with Crippen LogP contribution >= 0.6 is 0 Å². The average molecular weight is 224 g/mol. The highest BCUT2D eigenvalue weighted by Crippen LogP contribution is 2.37. The molecule has 2 atom stereocenters. The molecule has 15 heavy (non-hydrogen) atoms. The first-order valence-corrected chi connectivity index (χ1v) is 5.30. The lowest BCUT2D eigenvalue weighted by Crippen LogP contribution is -2.50. The minimum atomic E-state index is -4.10. The number of hydrogen-bond donors (Lipinski definition) is 2. The minimum absolute atomic E-state index is 0.361. The van der Waals surface area contributed by atoms with Crippen molar-refractivity contribution in [1.82, 2.24) is 5.32 Å². The molecule has 5 heteroatoms. The molecule has 0 aromatic carbocycles. The summed E-state index contributed by atoms with van der Waals surface area (Å²) in [6.07, 6.45) is -2.70. The van der Waals surface area contributed by atoms with Crippen LogP contribution in [0.15, 0.2) is 0 Å². The van der Waals surface area contributed by atoms with Crippen molar-refractivity contribution >= 4 is 0 Å². The lowest BCUT2D eigenvalue weighted by atomic mass is 9.97. The van der Waals surface area contributed by atoms with Crippen LogP contribution in [0, 0.1) is 5.92 Å². The zero-order valence-electron chi connectivity index (χ0n) is 9.19. The van der Waals surface area contributed by atoms with Gasteiger partial charge in [-0.3, -0.25) is 0 Å². The van der Waals surface area contributed by atoms with E-state index >= 15 is 0 Å². The fourth-order valence-corrected chi connectivity index (χ4v) is 1.70. The quantitative estimate of drug-likeness (QED) is 0.750. The van der Waals surface area contributed by atoms with Gasteiger partial charge in [-0.1, -0.05) is 0 Å². The predicted molar refractivity (Wildman–Crippen MR) is 53.5 cm³/mol. The maximum Gasteiger partial charge on any atom is 0.390 e. The van der Waals surface area contributed by atoms with E-state index in [1.165, 1.54) is 6.92 Å². The fourth-order valence-electron chi connectivity index (χ4n) is 1.70. The van der Waals surface area contributed by atoms with Crippen molar-refractivity contribution in [3.8, 4) is 0 Å². The van der Waals surface area contributed by atoms with Gasteiger partial charge in [0.1, 0.15) is 0 Å². The molecule has 1 rings (SSSR count). The highest BCUT2D eigenvalue weighted by molar-refractivity contribution is 4.97. The van der Waals surface area contributed by atoms with Crippen molar-refractivity contribution in [3.05, 3.63) is 0 Å². The van der Waals surface area contributed by atoms with Crippen LogP contribution in [0.5, 0.6) is 0 Å². The predicted octanol–water partition coefficient (Wildman–Crippen LogP) is 2.04. The first kappa shape index (κ1) is 12.8. The van der Waals surface area contributed by atoms with Crippen molar-refractivity contribution in [2.24, 2.45) is 11.7 Å². The molecule has 0 aromatic heterocycles. The van der Waals surface area contributed by atoms with Gasteiger partial charge in [-0.2, -0.15) is 13.2 Å². The van der Waals surface area contributed by atoms with Gasteiger partial charge in [0.2, 0.25) is 0 Å². The van der Waals surface area contributed by atoms with Crippen LogP contribution < -0.4 is 11.1 Å². The van der Waals surface area contributed by atoms with Crippen molar-refractivity contribution in [1.29, 1.82) is 0 Å². The van der Waals surface area contributed by atoms with Crippen molar-refractivity contribution in [2.75, 3.05) is 6.54 Å². The Balaban J connectivity index is 2.24. The van der Waals surface area contributed by atoms with Crippen molar-refractivity contribution in [2.45, 2.75) is 50.9 Å². The van der Waals surface area contributed by atoms with Gasteiger partial charge in [0, 0.05) is 18.1 Å². The summed E-state index contributed by atoms with van der Waals surface area (Å²) in [7, 11) is 0. The molecule has 1 aliphatic rings. The summed E-state index contributed by atoms with van der Waals surface area (Å²) in [4.78, 5) is 0. The van der Waals surface area contributed by atoms with Crippen LogP contribution in [0.4, 0.5) is 13.2 Å². The smallest absolute Gasteiger partial charge is 0.324 e. The molecule has 0 heterocycles. The molecule has 0 bridgehead atoms. The largest absolute Gasteiger partial charge is 0.390 e. The van der Waals surface area contributed by atoms with E-state index in [1.807, 2.05) is 6.92 Å². The molecule has 3 N–H and O–H groups in total. The van der Waals surface area contributed by atoms with Gasteiger partial charge in [0.15, 0.2) is 0 Å². The van der Waals surface area contributed by atoms with E-state index in [4.69, 9.17) is 5.73 Å². The van der Waals surface area contributed by atoms with Crippen LogP contribution in [-0.2, 0) is 0 Å². The molecule has 0 radical (unpaired) electrons. The van der Waals surface area contributed by atoms with Crippen molar-refractivity contribution in [3.63, 3.8) is 0 Å². The molecule has 1 aliphatic carbocycles. The molecule has 2 nitrogen and oxygen atoms in total. The first-order chi connectivity index (χ1) is 6.71. The molecule has 0 aliphatic heterocycles. The summed E-state index contributed by atoms with van der Waals surface area (Å²) in [6, 6.07) is -0.563. The number of alkyl halides is 3. The standard InChI is InChI=1S/C10H19F3N2/c1-7(5-10(11,12)13)15-6-9(2,14)8-3-4-8/h7-8,15H,3-6,14H2,1-2H3. The Morgan fingerprint density at radius 2 is 1.93 bits per heavy atom. The second kappa shape index (κ2) is 4.29. The third-order valence-electron chi connectivity index (χ3n) is 2.88. The molecule has 0 amide bonds. The third-order valence-corrected chi connectivity index (χ3v) is 2.88. The summed E-state index contributed by atoms with van der Waals surface area (Å²) >= 11 is 0. The zero-order valence-corrected chi connectivity index (χ0v) is 9.19. The fraction of sp³-hybridized carbons (Fsp3) is 1.00. The first-order valence-electron chi connectivity index (χ1n) is 5.30. The minimum Gasteiger partial charge on any atom is -0.324 e. The van der Waals surface area contributed by atoms with E-state index in [0.717, 1.165) is 12.8 Å². The molecular formula is C10H19F3N2. The molecule has 90 valence electrons. The van der Waals surface area contributed by atoms with E-state index in [-0.39, 0.29) is 5.54 Å². The summed E-state index contributed by atoms with van der Waals surface area (Å²) in [6.45, 7) is 3.89. The van der Waals surface area contributed by atoms with E-state index in [1.54, 1.807) is 0 Å². The number of nitrogens with two attached hydrogens (primary N) is 1. The van der Waals surface area contributed by atoms with Crippen molar-refractivity contribution < 1.29 is 13.2 Å². The Bertz CT molecular complexity index is 209. The van der Waals surface area contributed by atoms with Crippen LogP contribution in [0.2, 0.25) is 0 Å². The Hall–Kier alpha value is -0.290. The van der Waals surface area contributed by atoms with E-state index in [2.05, 4.69) is 5.32 Å². The summed E-state index contributed by atoms with van der Waals surface area (Å²) in [5.74, 6) is 0.475. The topological polar surface area (TPSA) is 38.0 Å². The van der Waals surface area contributed by atoms with E-state index < -0.39 is 18.6 Å². The zero-order chi connectivity index (χ0) is 11.7. The molecule has 0 aromatic rings. The molecular weight excluding hydrogens is 205 g/mol. The highest BCUT2D eigenvalue weighted by Gasteiger charge is 2.38. The van der Waals surface area contributed by atoms with Gasteiger partial charge < -0.3 is 11.1 Å². The normalized spacial score (nSPS) is 23.6. The maximum absolute atomic E-state index is 12.0. The second-order valence-corrected chi connectivity index (χ2v) is 4.88. The third kappa shape index (κ3) is 4.84. The summed E-state index contributed by atoms with van der Waals surface area (Å²) in [5.41, 5.74) is 5.63. The Morgan fingerprint density at radius 3 is 2.33 bits per heavy atom. The van der Waals surface area contributed by atoms with E-state index in [0.29, 0.717) is 12.5 Å². The van der Waals surface area contributed by atoms with Gasteiger partial charge in [0.05, 0.1) is 6.42 Å². The highest BCUT2D eigenvalue weighted by atomic mass is 19.4. The van der Waals surface area contributed by atoms with Gasteiger partial charge in [0.25, 0.3) is 0 Å². The lowest BCUT2D eigenvalue weighted by Gasteiger charge is -2.27. The van der Waals surface area contributed by atoms with Gasteiger partial charge in [-0.15, -0.1) is 0 Å². The van der Waals surface area contributed by atoms with Crippen LogP contribution in [0.3, 0.4) is 0 Å². The summed E-state index contributed by atoms with van der Waals surface area (Å²) in [5, 5.41) is 2.86. The SMILES string of the molecule is CC(CC(F)(F)F)NCC(C)(N)C1CC1. The second-order valence-electron chi connectivity index (χ2n) is 4.88. The number of halogens is 3. The molecule has 0 saturated heterocycles. The Morgan fingerprint density at radius 1 is 1.40 bits per heavy atom. The monoisotopic (exact) mass is 224 g/mol. The number of hydrogen-bond acceptors (Lipinski definition) is 2. The van der Waals surface area contributed by atoms with Crippen LogP contribution in [0.25, 0.3) is 0 Å². The number of nitrogens with one attached hydrogen (secondary N) is 1. The van der Waals surface area contributed by atoms with Gasteiger partial charge in [-0.05, 0) is 32.6 Å². The molecule has 0 spiro atoms. The van der Waals surface area contributed by atoms with Gasteiger partial charge in [-0.25, -0.2) is 0 Å². The average Bonchev–Trinajstić information content (AvgIpc) is 2.79. The maximum atomic E-state index is 12.0. The van der Waals surface area contributed by atoms with Crippen LogP contribution in [0.1, 0.15) is 33.1 Å². The van der Waals surface area contributed by atoms with Crippen LogP contribution in [-0.4, -0.2) is 24.3 Å². The summed E-state index contributed by atoms with van der Waals surface area (Å²) < 4.78 is 36.1. The molecule has 1 fully saturated rings. The Kier molecular flexibility index (Phi) is 3.66. The Labute approximate surface area is 88.4 Å². The number of rotatable bonds is 5. The van der Waals surface area contributed by atoms with E-state index in [9.17, 15) is 13.2 Å². The molecule has 1 saturated carbocycles. The van der Waals surface area contributed by atoms with Gasteiger partial charge >= 0.3 is 6.18 Å². The molecule has 2 unspecified atom stereocenters.